The van der Waals surface area contributed by atoms with Gasteiger partial charge in [0.2, 0.25) is 5.91 Å². The third-order valence-electron chi connectivity index (χ3n) is 3.49. The van der Waals surface area contributed by atoms with Crippen LogP contribution in [0, 0.1) is 5.41 Å². The van der Waals surface area contributed by atoms with Crippen molar-refractivity contribution >= 4 is 18.0 Å². The summed E-state index contributed by atoms with van der Waals surface area (Å²) < 4.78 is 0. The molecule has 1 aliphatic heterocycles. The normalized spacial score (nSPS) is 22.9. The van der Waals surface area contributed by atoms with Gasteiger partial charge in [0.05, 0.1) is 11.0 Å². The lowest BCUT2D eigenvalue weighted by atomic mass is 9.89. The number of aldehydes is 1. The van der Waals surface area contributed by atoms with Crippen LogP contribution in [0.5, 0.6) is 0 Å². The summed E-state index contributed by atoms with van der Waals surface area (Å²) in [6.45, 7) is 3.27. The number of nitrogens with zero attached hydrogens (tertiary/aromatic N) is 2. The first-order chi connectivity index (χ1) is 8.60. The van der Waals surface area contributed by atoms with Crippen LogP contribution in [0.15, 0.2) is 18.3 Å². The van der Waals surface area contributed by atoms with Crippen LogP contribution < -0.4 is 10.2 Å². The average molecular weight is 247 g/mol. The zero-order valence-electron chi connectivity index (χ0n) is 10.6. The Balaban J connectivity index is 2.23. The van der Waals surface area contributed by atoms with Gasteiger partial charge in [0.25, 0.3) is 0 Å². The number of carbonyl (C=O) groups is 2. The molecule has 1 fully saturated rings. The highest BCUT2D eigenvalue weighted by Gasteiger charge is 2.40. The molecule has 0 spiro atoms. The summed E-state index contributed by atoms with van der Waals surface area (Å²) in [4.78, 5) is 29.1. The van der Waals surface area contributed by atoms with Crippen LogP contribution in [0.25, 0.3) is 0 Å². The third kappa shape index (κ3) is 2.08. The highest BCUT2D eigenvalue weighted by atomic mass is 16.2. The summed E-state index contributed by atoms with van der Waals surface area (Å²) >= 11 is 0. The number of hydrogen-bond donors (Lipinski definition) is 1. The molecule has 2 heterocycles. The quantitative estimate of drug-likeness (QED) is 0.805. The van der Waals surface area contributed by atoms with Gasteiger partial charge in [-0.1, -0.05) is 0 Å². The maximum atomic E-state index is 11.8. The molecule has 5 nitrogen and oxygen atoms in total. The molecule has 0 saturated carbocycles. The molecule has 1 aliphatic rings. The second kappa shape index (κ2) is 4.76. The number of anilines is 1. The van der Waals surface area contributed by atoms with Gasteiger partial charge in [-0.2, -0.15) is 0 Å². The Morgan fingerprint density at radius 3 is 3.06 bits per heavy atom. The predicted octanol–water partition coefficient (Wildman–Crippen LogP) is 0.856. The van der Waals surface area contributed by atoms with E-state index in [-0.39, 0.29) is 5.91 Å². The molecule has 2 rings (SSSR count). The predicted molar refractivity (Wildman–Crippen MR) is 68.6 cm³/mol. The van der Waals surface area contributed by atoms with Gasteiger partial charge in [0.1, 0.15) is 5.82 Å². The van der Waals surface area contributed by atoms with Crippen LogP contribution >= 0.6 is 0 Å². The van der Waals surface area contributed by atoms with Crippen LogP contribution in [0.1, 0.15) is 23.7 Å². The van der Waals surface area contributed by atoms with Crippen molar-refractivity contribution in [3.63, 3.8) is 0 Å². The van der Waals surface area contributed by atoms with Gasteiger partial charge < -0.3 is 10.2 Å². The highest BCUT2D eigenvalue weighted by molar-refractivity contribution is 5.85. The van der Waals surface area contributed by atoms with Crippen molar-refractivity contribution in [2.75, 3.05) is 25.0 Å². The molecule has 1 aromatic heterocycles. The molecule has 0 aliphatic carbocycles. The largest absolute Gasteiger partial charge is 0.359 e. The lowest BCUT2D eigenvalue weighted by Gasteiger charge is -2.23. The molecule has 1 saturated heterocycles. The lowest BCUT2D eigenvalue weighted by molar-refractivity contribution is -0.128. The van der Waals surface area contributed by atoms with E-state index in [0.717, 1.165) is 19.3 Å². The second-order valence-corrected chi connectivity index (χ2v) is 4.85. The maximum Gasteiger partial charge on any atom is 0.227 e. The highest BCUT2D eigenvalue weighted by Crippen LogP contribution is 2.33. The summed E-state index contributed by atoms with van der Waals surface area (Å²) in [5.41, 5.74) is 0.158. The minimum Gasteiger partial charge on any atom is -0.359 e. The van der Waals surface area contributed by atoms with Crippen LogP contribution in [0.2, 0.25) is 0 Å². The molecular formula is C13H17N3O2. The molecule has 1 unspecified atom stereocenters. The van der Waals surface area contributed by atoms with Gasteiger partial charge in [-0.3, -0.25) is 9.59 Å². The Labute approximate surface area is 106 Å². The van der Waals surface area contributed by atoms with Crippen molar-refractivity contribution < 1.29 is 9.59 Å². The van der Waals surface area contributed by atoms with E-state index in [1.54, 1.807) is 25.4 Å². The summed E-state index contributed by atoms with van der Waals surface area (Å²) in [5, 5.41) is 2.69. The van der Waals surface area contributed by atoms with E-state index in [1.165, 1.54) is 0 Å². The fourth-order valence-electron chi connectivity index (χ4n) is 2.39. The Kier molecular flexibility index (Phi) is 3.32. The summed E-state index contributed by atoms with van der Waals surface area (Å²) in [7, 11) is 1.65. The summed E-state index contributed by atoms with van der Waals surface area (Å²) in [5.74, 6) is 0.703. The fraction of sp³-hybridized carbons (Fsp3) is 0.462. The number of aromatic nitrogens is 1. The molecule has 1 aromatic rings. The van der Waals surface area contributed by atoms with E-state index >= 15 is 0 Å². The summed E-state index contributed by atoms with van der Waals surface area (Å²) in [6, 6.07) is 3.48. The van der Waals surface area contributed by atoms with Crippen molar-refractivity contribution in [3.05, 3.63) is 23.9 Å². The van der Waals surface area contributed by atoms with E-state index in [0.29, 0.717) is 17.9 Å². The first-order valence-electron chi connectivity index (χ1n) is 5.98. The molecule has 96 valence electrons. The van der Waals surface area contributed by atoms with Gasteiger partial charge in [0, 0.05) is 26.3 Å². The van der Waals surface area contributed by atoms with Crippen molar-refractivity contribution in [1.82, 2.24) is 10.3 Å². The number of pyridine rings is 1. The minimum atomic E-state index is -0.410. The van der Waals surface area contributed by atoms with Crippen molar-refractivity contribution in [2.45, 2.75) is 13.3 Å². The third-order valence-corrected chi connectivity index (χ3v) is 3.49. The van der Waals surface area contributed by atoms with Crippen LogP contribution in [0.3, 0.4) is 0 Å². The van der Waals surface area contributed by atoms with Gasteiger partial charge >= 0.3 is 0 Å². The van der Waals surface area contributed by atoms with E-state index in [1.807, 2.05) is 11.8 Å². The molecule has 5 heteroatoms. The number of nitrogens with one attached hydrogen (secondary N) is 1. The van der Waals surface area contributed by atoms with E-state index in [2.05, 4.69) is 10.3 Å². The van der Waals surface area contributed by atoms with Crippen molar-refractivity contribution in [3.8, 4) is 0 Å². The Hall–Kier alpha value is -1.91. The fourth-order valence-corrected chi connectivity index (χ4v) is 2.39. The molecule has 1 amide bonds. The van der Waals surface area contributed by atoms with Crippen molar-refractivity contribution in [1.29, 1.82) is 0 Å². The SMILES string of the molecule is CNC(=O)C1(C)CCN(c2ncccc2C=O)C1. The first-order valence-corrected chi connectivity index (χ1v) is 5.98. The Bertz CT molecular complexity index is 475. The second-order valence-electron chi connectivity index (χ2n) is 4.85. The summed E-state index contributed by atoms with van der Waals surface area (Å²) in [6.07, 6.45) is 3.23. The molecule has 0 bridgehead atoms. The molecular weight excluding hydrogens is 230 g/mol. The van der Waals surface area contributed by atoms with Crippen LogP contribution in [0.4, 0.5) is 5.82 Å². The molecule has 1 atom stereocenters. The van der Waals surface area contributed by atoms with Crippen LogP contribution in [-0.2, 0) is 4.79 Å². The van der Waals surface area contributed by atoms with E-state index in [9.17, 15) is 9.59 Å². The lowest BCUT2D eigenvalue weighted by Crippen LogP contribution is -2.39. The molecule has 0 radical (unpaired) electrons. The van der Waals surface area contributed by atoms with Gasteiger partial charge in [0.15, 0.2) is 6.29 Å². The smallest absolute Gasteiger partial charge is 0.227 e. The minimum absolute atomic E-state index is 0.0357. The van der Waals surface area contributed by atoms with Crippen molar-refractivity contribution in [2.24, 2.45) is 5.41 Å². The van der Waals surface area contributed by atoms with Gasteiger partial charge in [-0.25, -0.2) is 4.98 Å². The number of amides is 1. The van der Waals surface area contributed by atoms with Gasteiger partial charge in [-0.15, -0.1) is 0 Å². The topological polar surface area (TPSA) is 62.3 Å². The molecule has 0 aromatic carbocycles. The molecule has 18 heavy (non-hydrogen) atoms. The number of hydrogen-bond acceptors (Lipinski definition) is 4. The number of rotatable bonds is 3. The maximum absolute atomic E-state index is 11.8. The van der Waals surface area contributed by atoms with E-state index in [4.69, 9.17) is 0 Å². The zero-order chi connectivity index (χ0) is 13.2. The van der Waals surface area contributed by atoms with Crippen LogP contribution in [-0.4, -0.2) is 37.3 Å². The average Bonchev–Trinajstić information content (AvgIpc) is 2.81. The number of carbonyl (C=O) groups excluding carboxylic acids is 2. The first kappa shape index (κ1) is 12.5. The zero-order valence-corrected chi connectivity index (χ0v) is 10.6. The standard InChI is InChI=1S/C13H17N3O2/c1-13(12(18)14-2)5-7-16(9-13)11-10(8-17)4-3-6-15-11/h3-4,6,8H,5,7,9H2,1-2H3,(H,14,18). The molecule has 1 N–H and O–H groups in total. The Morgan fingerprint density at radius 2 is 2.39 bits per heavy atom. The van der Waals surface area contributed by atoms with E-state index < -0.39 is 5.41 Å². The Morgan fingerprint density at radius 1 is 1.61 bits per heavy atom. The monoisotopic (exact) mass is 247 g/mol. The van der Waals surface area contributed by atoms with Gasteiger partial charge in [-0.05, 0) is 25.5 Å².